The molecular formula is C10H17N3O5S2. The molecule has 0 fully saturated rings. The van der Waals surface area contributed by atoms with E-state index in [4.69, 9.17) is 4.74 Å². The second-order valence-electron chi connectivity index (χ2n) is 4.05. The lowest BCUT2D eigenvalue weighted by Crippen LogP contribution is -2.45. The second-order valence-corrected chi connectivity index (χ2v) is 6.95. The summed E-state index contributed by atoms with van der Waals surface area (Å²) in [4.78, 5) is 24.7. The number of thiazole rings is 1. The summed E-state index contributed by atoms with van der Waals surface area (Å²) in [6, 6.07) is -0.951. The number of carbonyl (C=O) groups excluding carboxylic acids is 1. The highest BCUT2D eigenvalue weighted by molar-refractivity contribution is 7.91. The number of aromatic amines is 1. The van der Waals surface area contributed by atoms with Gasteiger partial charge in [0.05, 0.1) is 12.6 Å². The first kappa shape index (κ1) is 16.8. The van der Waals surface area contributed by atoms with Crippen LogP contribution in [0.5, 0.6) is 0 Å². The van der Waals surface area contributed by atoms with Gasteiger partial charge < -0.3 is 15.0 Å². The molecule has 20 heavy (non-hydrogen) atoms. The molecule has 1 atom stereocenters. The zero-order chi connectivity index (χ0) is 15.3. The summed E-state index contributed by atoms with van der Waals surface area (Å²) in [6.07, 6.45) is 0. The Morgan fingerprint density at radius 2 is 2.15 bits per heavy atom. The van der Waals surface area contributed by atoms with Gasteiger partial charge in [0.25, 0.3) is 10.0 Å². The molecule has 0 aromatic carbocycles. The van der Waals surface area contributed by atoms with Gasteiger partial charge in [0, 0.05) is 19.3 Å². The number of methoxy groups -OCH3 is 1. The van der Waals surface area contributed by atoms with E-state index in [1.165, 1.54) is 21.0 Å². The molecule has 1 unspecified atom stereocenters. The van der Waals surface area contributed by atoms with Gasteiger partial charge in [-0.1, -0.05) is 11.3 Å². The number of sulfonamides is 1. The minimum Gasteiger partial charge on any atom is -0.383 e. The van der Waals surface area contributed by atoms with Gasteiger partial charge >= 0.3 is 4.87 Å². The first-order chi connectivity index (χ1) is 9.27. The van der Waals surface area contributed by atoms with E-state index in [9.17, 15) is 18.0 Å². The number of amides is 1. The number of aromatic nitrogens is 1. The SMILES string of the molecule is COCCNC(=O)C(C)NS(=O)(=O)c1sc(=O)[nH]c1C. The number of nitrogens with one attached hydrogen (secondary N) is 3. The summed E-state index contributed by atoms with van der Waals surface area (Å²) in [5, 5.41) is 2.52. The van der Waals surface area contributed by atoms with Crippen LogP contribution in [0.1, 0.15) is 12.6 Å². The van der Waals surface area contributed by atoms with Crippen molar-refractivity contribution in [1.82, 2.24) is 15.0 Å². The van der Waals surface area contributed by atoms with Gasteiger partial charge in [0.2, 0.25) is 5.91 Å². The van der Waals surface area contributed by atoms with Crippen molar-refractivity contribution in [3.8, 4) is 0 Å². The molecule has 0 saturated carbocycles. The summed E-state index contributed by atoms with van der Waals surface area (Å²) in [5.41, 5.74) is 0.250. The van der Waals surface area contributed by atoms with Crippen molar-refractivity contribution in [2.75, 3.05) is 20.3 Å². The van der Waals surface area contributed by atoms with E-state index in [-0.39, 0.29) is 16.4 Å². The number of hydrogen-bond donors (Lipinski definition) is 3. The van der Waals surface area contributed by atoms with Gasteiger partial charge in [-0.2, -0.15) is 4.72 Å². The molecule has 1 aromatic heterocycles. The Bertz CT molecular complexity index is 619. The van der Waals surface area contributed by atoms with Crippen LogP contribution in [0.15, 0.2) is 9.00 Å². The fourth-order valence-corrected chi connectivity index (χ4v) is 3.94. The van der Waals surface area contributed by atoms with Crippen molar-refractivity contribution in [3.05, 3.63) is 15.4 Å². The number of ether oxygens (including phenoxy) is 1. The van der Waals surface area contributed by atoms with E-state index >= 15 is 0 Å². The lowest BCUT2D eigenvalue weighted by atomic mass is 10.3. The smallest absolute Gasteiger partial charge is 0.305 e. The van der Waals surface area contributed by atoms with Crippen LogP contribution in [0.3, 0.4) is 0 Å². The third-order valence-corrected chi connectivity index (χ3v) is 5.50. The van der Waals surface area contributed by atoms with Crippen molar-refractivity contribution < 1.29 is 17.9 Å². The Kier molecular flexibility index (Phi) is 5.87. The first-order valence-corrected chi connectivity index (χ1v) is 8.06. The molecule has 0 aliphatic heterocycles. The summed E-state index contributed by atoms with van der Waals surface area (Å²) < 4.78 is 31.0. The molecule has 1 heterocycles. The number of H-pyrrole nitrogens is 1. The Balaban J connectivity index is 2.73. The molecular weight excluding hydrogens is 306 g/mol. The van der Waals surface area contributed by atoms with E-state index in [1.807, 2.05) is 0 Å². The maximum atomic E-state index is 12.0. The summed E-state index contributed by atoms with van der Waals surface area (Å²) in [5.74, 6) is -0.467. The van der Waals surface area contributed by atoms with Gasteiger partial charge in [-0.05, 0) is 13.8 Å². The molecule has 8 nitrogen and oxygen atoms in total. The Hall–Kier alpha value is -1.23. The monoisotopic (exact) mass is 323 g/mol. The van der Waals surface area contributed by atoms with Crippen molar-refractivity contribution in [1.29, 1.82) is 0 Å². The molecule has 3 N–H and O–H groups in total. The first-order valence-electron chi connectivity index (χ1n) is 5.76. The molecule has 0 aliphatic rings. The van der Waals surface area contributed by atoms with E-state index in [0.717, 1.165) is 0 Å². The molecule has 0 spiro atoms. The average molecular weight is 323 g/mol. The van der Waals surface area contributed by atoms with Crippen molar-refractivity contribution in [2.45, 2.75) is 24.1 Å². The average Bonchev–Trinajstić information content (AvgIpc) is 2.69. The number of rotatable bonds is 7. The fourth-order valence-electron chi connectivity index (χ4n) is 1.42. The minimum absolute atomic E-state index is 0.112. The van der Waals surface area contributed by atoms with Gasteiger partial charge in [-0.15, -0.1) is 0 Å². The van der Waals surface area contributed by atoms with E-state index < -0.39 is 26.8 Å². The van der Waals surface area contributed by atoms with E-state index in [0.29, 0.717) is 17.9 Å². The van der Waals surface area contributed by atoms with Crippen LogP contribution in [-0.2, 0) is 19.6 Å². The van der Waals surface area contributed by atoms with Crippen molar-refractivity contribution in [2.24, 2.45) is 0 Å². The van der Waals surface area contributed by atoms with Crippen LogP contribution in [0, 0.1) is 6.92 Å². The van der Waals surface area contributed by atoms with Gasteiger partial charge in [0.1, 0.15) is 0 Å². The van der Waals surface area contributed by atoms with Gasteiger partial charge in [0.15, 0.2) is 4.21 Å². The largest absolute Gasteiger partial charge is 0.383 e. The minimum atomic E-state index is -3.90. The van der Waals surface area contributed by atoms with Crippen molar-refractivity contribution >= 4 is 27.3 Å². The lowest BCUT2D eigenvalue weighted by Gasteiger charge is -2.13. The van der Waals surface area contributed by atoms with Crippen LogP contribution in [0.4, 0.5) is 0 Å². The highest BCUT2D eigenvalue weighted by Crippen LogP contribution is 2.15. The number of aryl methyl sites for hydroxylation is 1. The zero-order valence-corrected chi connectivity index (χ0v) is 13.0. The third-order valence-electron chi connectivity index (χ3n) is 2.36. The molecule has 114 valence electrons. The molecule has 1 aromatic rings. The summed E-state index contributed by atoms with van der Waals surface area (Å²) in [7, 11) is -2.40. The topological polar surface area (TPSA) is 117 Å². The number of hydrogen-bond acceptors (Lipinski definition) is 6. The maximum Gasteiger partial charge on any atom is 0.305 e. The van der Waals surface area contributed by atoms with Gasteiger partial charge in [-0.3, -0.25) is 9.59 Å². The standard InChI is InChI=1S/C10H17N3O5S2/c1-6(8(14)11-4-5-18-3)13-20(16,17)9-7(2)12-10(15)19-9/h6,13H,4-5H2,1-3H3,(H,11,14)(H,12,15). The van der Waals surface area contributed by atoms with Crippen LogP contribution in [0.25, 0.3) is 0 Å². The van der Waals surface area contributed by atoms with Crippen LogP contribution in [-0.4, -0.2) is 45.6 Å². The quantitative estimate of drug-likeness (QED) is 0.566. The molecule has 10 heteroatoms. The molecule has 1 rings (SSSR count). The summed E-state index contributed by atoms with van der Waals surface area (Å²) in [6.45, 7) is 3.53. The third kappa shape index (κ3) is 4.40. The van der Waals surface area contributed by atoms with E-state index in [2.05, 4.69) is 15.0 Å². The van der Waals surface area contributed by atoms with E-state index in [1.54, 1.807) is 0 Å². The Morgan fingerprint density at radius 3 is 2.65 bits per heavy atom. The van der Waals surface area contributed by atoms with Crippen LogP contribution in [0.2, 0.25) is 0 Å². The zero-order valence-electron chi connectivity index (χ0n) is 11.3. The predicted molar refractivity (Wildman–Crippen MR) is 74.3 cm³/mol. The molecule has 0 aliphatic carbocycles. The molecule has 0 radical (unpaired) electrons. The Morgan fingerprint density at radius 1 is 1.50 bits per heavy atom. The highest BCUT2D eigenvalue weighted by Gasteiger charge is 2.25. The lowest BCUT2D eigenvalue weighted by molar-refractivity contribution is -0.122. The molecule has 0 saturated heterocycles. The van der Waals surface area contributed by atoms with Crippen LogP contribution >= 0.6 is 11.3 Å². The van der Waals surface area contributed by atoms with Gasteiger partial charge in [-0.25, -0.2) is 8.42 Å². The second kappa shape index (κ2) is 6.97. The van der Waals surface area contributed by atoms with Crippen molar-refractivity contribution in [3.63, 3.8) is 0 Å². The normalized spacial score (nSPS) is 13.2. The molecule has 1 amide bonds. The highest BCUT2D eigenvalue weighted by atomic mass is 32.2. The predicted octanol–water partition coefficient (Wildman–Crippen LogP) is -0.826. The fraction of sp³-hybridized carbons (Fsp3) is 0.600. The Labute approximate surface area is 120 Å². The number of carbonyl (C=O) groups is 1. The summed E-state index contributed by atoms with van der Waals surface area (Å²) >= 11 is 0.583. The maximum absolute atomic E-state index is 12.0. The molecule has 0 bridgehead atoms. The van der Waals surface area contributed by atoms with Crippen LogP contribution < -0.4 is 14.9 Å².